The number of rotatable bonds is 5. The van der Waals surface area contributed by atoms with Gasteiger partial charge >= 0.3 is 0 Å². The second-order valence-electron chi connectivity index (χ2n) is 5.63. The van der Waals surface area contributed by atoms with E-state index in [2.05, 4.69) is 20.7 Å². The van der Waals surface area contributed by atoms with Crippen LogP contribution in [0.25, 0.3) is 0 Å². The van der Waals surface area contributed by atoms with Gasteiger partial charge in [-0.2, -0.15) is 5.10 Å². The van der Waals surface area contributed by atoms with Crippen molar-refractivity contribution in [3.8, 4) is 0 Å². The van der Waals surface area contributed by atoms with E-state index >= 15 is 0 Å². The van der Waals surface area contributed by atoms with Crippen molar-refractivity contribution < 1.29 is 4.79 Å². The molecule has 20 heavy (non-hydrogen) atoms. The van der Waals surface area contributed by atoms with Crippen LogP contribution in [-0.2, 0) is 17.8 Å². The Bertz CT molecular complexity index is 471. The average molecular weight is 300 g/mol. The van der Waals surface area contributed by atoms with Gasteiger partial charge in [-0.15, -0.1) is 12.4 Å². The monoisotopic (exact) mass is 299 g/mol. The molecule has 1 saturated carbocycles. The van der Waals surface area contributed by atoms with Crippen LogP contribution in [0, 0.1) is 12.8 Å². The summed E-state index contributed by atoms with van der Waals surface area (Å²) in [6.45, 7) is 4.05. The maximum atomic E-state index is 11.8. The number of hydrogen-bond acceptors (Lipinski definition) is 4. The van der Waals surface area contributed by atoms with Gasteiger partial charge in [0.15, 0.2) is 0 Å². The van der Waals surface area contributed by atoms with E-state index in [0.29, 0.717) is 6.54 Å². The van der Waals surface area contributed by atoms with Gasteiger partial charge in [0.1, 0.15) is 11.6 Å². The molecule has 1 atom stereocenters. The van der Waals surface area contributed by atoms with E-state index in [0.717, 1.165) is 43.5 Å². The van der Waals surface area contributed by atoms with Crippen LogP contribution >= 0.6 is 12.4 Å². The number of carbonyl (C=O) groups is 1. The highest BCUT2D eigenvalue weighted by Crippen LogP contribution is 2.27. The molecule has 0 radical (unpaired) electrons. The lowest BCUT2D eigenvalue weighted by Crippen LogP contribution is -2.45. The summed E-state index contributed by atoms with van der Waals surface area (Å²) in [5.41, 5.74) is 0. The molecule has 1 fully saturated rings. The topological polar surface area (TPSA) is 71.8 Å². The number of carbonyl (C=O) groups excluding carboxylic acids is 1. The second-order valence-corrected chi connectivity index (χ2v) is 5.63. The number of nitrogens with zero attached hydrogens (tertiary/aromatic N) is 3. The van der Waals surface area contributed by atoms with Gasteiger partial charge in [-0.3, -0.25) is 4.79 Å². The number of fused-ring (bicyclic) bond motifs is 1. The van der Waals surface area contributed by atoms with Crippen LogP contribution in [0.4, 0.5) is 0 Å². The lowest BCUT2D eigenvalue weighted by atomic mass is 10.1. The highest BCUT2D eigenvalue weighted by molar-refractivity contribution is 5.85. The molecule has 1 aliphatic carbocycles. The van der Waals surface area contributed by atoms with Gasteiger partial charge in [0, 0.05) is 12.5 Å². The standard InChI is InChI=1S/C13H21N5O.ClH/c1-9-15-12-5-4-11(8-18(12)17-9)16-13(19)7-14-6-10-2-3-10;/h10-11,14H,2-8H2,1H3,(H,16,19);1H. The third-order valence-electron chi connectivity index (χ3n) is 3.74. The van der Waals surface area contributed by atoms with Crippen molar-refractivity contribution in [2.45, 2.75) is 45.2 Å². The third kappa shape index (κ3) is 3.93. The van der Waals surface area contributed by atoms with E-state index in [1.807, 2.05) is 11.6 Å². The van der Waals surface area contributed by atoms with Gasteiger partial charge < -0.3 is 10.6 Å². The maximum Gasteiger partial charge on any atom is 0.234 e. The number of amides is 1. The molecule has 112 valence electrons. The van der Waals surface area contributed by atoms with Crippen molar-refractivity contribution in [2.75, 3.05) is 13.1 Å². The molecule has 7 heteroatoms. The Balaban J connectivity index is 0.00000147. The molecule has 2 aliphatic rings. The summed E-state index contributed by atoms with van der Waals surface area (Å²) in [4.78, 5) is 16.2. The maximum absolute atomic E-state index is 11.8. The first-order valence-corrected chi connectivity index (χ1v) is 7.11. The normalized spacial score (nSPS) is 20.9. The first-order valence-electron chi connectivity index (χ1n) is 7.11. The fraction of sp³-hybridized carbons (Fsp3) is 0.769. The Hall–Kier alpha value is -1.14. The molecule has 1 aromatic rings. The number of halogens is 1. The molecule has 1 aliphatic heterocycles. The molecule has 3 rings (SSSR count). The predicted octanol–water partition coefficient (Wildman–Crippen LogP) is 0.439. The number of aryl methyl sites for hydroxylation is 2. The smallest absolute Gasteiger partial charge is 0.234 e. The molecule has 1 aromatic heterocycles. The molecule has 2 heterocycles. The molecule has 1 unspecified atom stereocenters. The lowest BCUT2D eigenvalue weighted by molar-refractivity contribution is -0.121. The van der Waals surface area contributed by atoms with Crippen molar-refractivity contribution >= 4 is 18.3 Å². The van der Waals surface area contributed by atoms with Crippen LogP contribution in [0.1, 0.15) is 30.9 Å². The molecule has 0 aromatic carbocycles. The zero-order valence-corrected chi connectivity index (χ0v) is 12.6. The molecule has 0 saturated heterocycles. The van der Waals surface area contributed by atoms with Gasteiger partial charge in [0.25, 0.3) is 0 Å². The molecule has 2 N–H and O–H groups in total. The van der Waals surface area contributed by atoms with Gasteiger partial charge in [0.05, 0.1) is 13.1 Å². The minimum absolute atomic E-state index is 0. The van der Waals surface area contributed by atoms with Gasteiger partial charge in [-0.05, 0) is 38.6 Å². The van der Waals surface area contributed by atoms with Crippen LogP contribution in [0.5, 0.6) is 0 Å². The minimum atomic E-state index is 0. The summed E-state index contributed by atoms with van der Waals surface area (Å²) in [7, 11) is 0. The summed E-state index contributed by atoms with van der Waals surface area (Å²) >= 11 is 0. The summed E-state index contributed by atoms with van der Waals surface area (Å²) in [6.07, 6.45) is 4.46. The molecular formula is C13H22ClN5O. The van der Waals surface area contributed by atoms with Crippen LogP contribution in [0.2, 0.25) is 0 Å². The van der Waals surface area contributed by atoms with E-state index < -0.39 is 0 Å². The van der Waals surface area contributed by atoms with E-state index in [9.17, 15) is 4.79 Å². The van der Waals surface area contributed by atoms with Crippen molar-refractivity contribution in [1.29, 1.82) is 0 Å². The third-order valence-corrected chi connectivity index (χ3v) is 3.74. The molecule has 1 amide bonds. The fourth-order valence-electron chi connectivity index (χ4n) is 2.54. The predicted molar refractivity (Wildman–Crippen MR) is 77.9 cm³/mol. The number of aromatic nitrogens is 3. The van der Waals surface area contributed by atoms with Crippen LogP contribution in [0.15, 0.2) is 0 Å². The fourth-order valence-corrected chi connectivity index (χ4v) is 2.54. The van der Waals surface area contributed by atoms with Crippen molar-refractivity contribution in [1.82, 2.24) is 25.4 Å². The van der Waals surface area contributed by atoms with E-state index in [4.69, 9.17) is 0 Å². The van der Waals surface area contributed by atoms with Gasteiger partial charge in [-0.25, -0.2) is 9.67 Å². The Morgan fingerprint density at radius 1 is 1.40 bits per heavy atom. The number of hydrogen-bond donors (Lipinski definition) is 2. The summed E-state index contributed by atoms with van der Waals surface area (Å²) in [6, 6.07) is 0.184. The minimum Gasteiger partial charge on any atom is -0.350 e. The first kappa shape index (κ1) is 15.3. The molecular weight excluding hydrogens is 278 g/mol. The molecule has 6 nitrogen and oxygen atoms in total. The van der Waals surface area contributed by atoms with Gasteiger partial charge in [0.2, 0.25) is 5.91 Å². The summed E-state index contributed by atoms with van der Waals surface area (Å²) in [5, 5.41) is 10.6. The first-order chi connectivity index (χ1) is 9.20. The Kier molecular flexibility index (Phi) is 4.99. The van der Waals surface area contributed by atoms with Crippen LogP contribution < -0.4 is 10.6 Å². The zero-order valence-electron chi connectivity index (χ0n) is 11.8. The SMILES string of the molecule is Cc1nc2n(n1)CC(NC(=O)CNCC1CC1)CC2.Cl. The van der Waals surface area contributed by atoms with Crippen LogP contribution in [-0.4, -0.2) is 39.8 Å². The highest BCUT2D eigenvalue weighted by atomic mass is 35.5. The average Bonchev–Trinajstić information content (AvgIpc) is 3.09. The van der Waals surface area contributed by atoms with Crippen molar-refractivity contribution in [2.24, 2.45) is 5.92 Å². The highest BCUT2D eigenvalue weighted by Gasteiger charge is 2.23. The van der Waals surface area contributed by atoms with E-state index in [-0.39, 0.29) is 24.4 Å². The van der Waals surface area contributed by atoms with Crippen LogP contribution in [0.3, 0.4) is 0 Å². The molecule has 0 spiro atoms. The Morgan fingerprint density at radius 2 is 2.20 bits per heavy atom. The lowest BCUT2D eigenvalue weighted by Gasteiger charge is -2.23. The van der Waals surface area contributed by atoms with E-state index in [1.54, 1.807) is 0 Å². The van der Waals surface area contributed by atoms with Crippen molar-refractivity contribution in [3.05, 3.63) is 11.6 Å². The Labute approximate surface area is 125 Å². The second kappa shape index (κ2) is 6.54. The Morgan fingerprint density at radius 3 is 2.95 bits per heavy atom. The van der Waals surface area contributed by atoms with Gasteiger partial charge in [-0.1, -0.05) is 0 Å². The number of nitrogens with one attached hydrogen (secondary N) is 2. The summed E-state index contributed by atoms with van der Waals surface area (Å²) in [5.74, 6) is 2.75. The quantitative estimate of drug-likeness (QED) is 0.827. The summed E-state index contributed by atoms with van der Waals surface area (Å²) < 4.78 is 1.92. The van der Waals surface area contributed by atoms with E-state index in [1.165, 1.54) is 12.8 Å². The zero-order chi connectivity index (χ0) is 13.2. The largest absolute Gasteiger partial charge is 0.350 e. The molecule has 0 bridgehead atoms. The van der Waals surface area contributed by atoms with Crippen molar-refractivity contribution in [3.63, 3.8) is 0 Å².